The van der Waals surface area contributed by atoms with Crippen molar-refractivity contribution in [3.05, 3.63) is 0 Å². The molecule has 0 atom stereocenters. The number of hydrogen-bond acceptors (Lipinski definition) is 2. The summed E-state index contributed by atoms with van der Waals surface area (Å²) in [4.78, 5) is 0. The highest BCUT2D eigenvalue weighted by atomic mass is 127. The van der Waals surface area contributed by atoms with Gasteiger partial charge in [0.25, 0.3) is 0 Å². The predicted molar refractivity (Wildman–Crippen MR) is 52.5 cm³/mol. The fourth-order valence-electron chi connectivity index (χ4n) is 0. The summed E-state index contributed by atoms with van der Waals surface area (Å²) in [6.07, 6.45) is 0. The first-order valence-electron chi connectivity index (χ1n) is 1.26. The molecule has 8 heavy (non-hydrogen) atoms. The summed E-state index contributed by atoms with van der Waals surface area (Å²) in [7, 11) is -3.12. The van der Waals surface area contributed by atoms with Gasteiger partial charge >= 0.3 is 0 Å². The van der Waals surface area contributed by atoms with E-state index in [1.165, 1.54) is 21.2 Å². The second kappa shape index (κ2) is 3.02. The monoisotopic (exact) mass is 440 g/mol. The van der Waals surface area contributed by atoms with Gasteiger partial charge in [-0.15, -0.1) is 0 Å². The van der Waals surface area contributed by atoms with Crippen molar-refractivity contribution in [3.8, 4) is 0 Å². The zero-order chi connectivity index (χ0) is 7.00. The summed E-state index contributed by atoms with van der Waals surface area (Å²) < 4.78 is 19.8. The molecule has 0 saturated heterocycles. The van der Waals surface area contributed by atoms with Crippen molar-refractivity contribution in [1.82, 2.24) is 0 Å². The zero-order valence-electron chi connectivity index (χ0n) is 3.24. The maximum Gasteiger partial charge on any atom is 0.244 e. The van der Waals surface area contributed by atoms with Crippen LogP contribution in [0.15, 0.2) is 0 Å². The second-order valence-electron chi connectivity index (χ2n) is 0.884. The fraction of sp³-hybridized carbons (Fsp3) is 1.00. The van der Waals surface area contributed by atoms with Gasteiger partial charge in [0.05, 0.1) is 21.2 Å². The van der Waals surface area contributed by atoms with Gasteiger partial charge in [0, 0.05) is 0 Å². The third kappa shape index (κ3) is 3.33. The molecule has 2 nitrogen and oxygen atoms in total. The van der Waals surface area contributed by atoms with Gasteiger partial charge in [0.2, 0.25) is 8.48 Å². The first-order chi connectivity index (χ1) is 3.25. The first-order valence-corrected chi connectivity index (χ1v) is 7.66. The Hall–Kier alpha value is 2.12. The van der Waals surface area contributed by atoms with Crippen LogP contribution in [-0.2, 0) is 7.01 Å². The molecule has 0 aliphatic carbocycles. The standard InChI is InChI=1S/CBr3IO2S/c2-1(3,4)8(5,6)7. The van der Waals surface area contributed by atoms with E-state index in [0.29, 0.717) is 0 Å². The molecule has 0 saturated carbocycles. The van der Waals surface area contributed by atoms with Crippen LogP contribution in [0.5, 0.6) is 0 Å². The SMILES string of the molecule is O=S(=O)(I)C(Br)(Br)Br. The van der Waals surface area contributed by atoms with Crippen LogP contribution in [-0.4, -0.2) is 9.89 Å². The molecule has 0 aromatic rings. The summed E-state index contributed by atoms with van der Waals surface area (Å²) in [5.41, 5.74) is 0. The van der Waals surface area contributed by atoms with Crippen molar-refractivity contribution < 1.29 is 8.42 Å². The molecule has 0 aliphatic heterocycles. The van der Waals surface area contributed by atoms with E-state index < -0.39 is 8.48 Å². The predicted octanol–water partition coefficient (Wildman–Crippen LogP) is 2.55. The molecular weight excluding hydrogens is 443 g/mol. The Kier molecular flexibility index (Phi) is 3.82. The van der Waals surface area contributed by atoms with Crippen molar-refractivity contribution >= 4 is 76.0 Å². The van der Waals surface area contributed by atoms with Gasteiger partial charge in [-0.2, -0.15) is 0 Å². The highest BCUT2D eigenvalue weighted by Crippen LogP contribution is 2.42. The molecule has 7 heteroatoms. The Morgan fingerprint density at radius 2 is 1.38 bits per heavy atom. The molecule has 0 aromatic heterocycles. The second-order valence-corrected chi connectivity index (χ2v) is 14.2. The summed E-state index contributed by atoms with van der Waals surface area (Å²) >= 11 is 9.83. The number of rotatable bonds is 0. The summed E-state index contributed by atoms with van der Waals surface area (Å²) in [5.74, 6) is 0. The Morgan fingerprint density at radius 3 is 1.38 bits per heavy atom. The van der Waals surface area contributed by atoms with Crippen LogP contribution in [0, 0.1) is 0 Å². The van der Waals surface area contributed by atoms with Gasteiger partial charge in [-0.3, -0.25) is 0 Å². The summed E-state index contributed by atoms with van der Waals surface area (Å²) in [6, 6.07) is 0. The largest absolute Gasteiger partial charge is 0.244 e. The number of alkyl halides is 3. The highest BCUT2D eigenvalue weighted by Gasteiger charge is 2.32. The van der Waals surface area contributed by atoms with Gasteiger partial charge in [0.1, 0.15) is 0 Å². The minimum Gasteiger partial charge on any atom is -0.215 e. The smallest absolute Gasteiger partial charge is 0.215 e. The van der Waals surface area contributed by atoms with Gasteiger partial charge in [-0.25, -0.2) is 8.42 Å². The average molecular weight is 443 g/mol. The van der Waals surface area contributed by atoms with Gasteiger partial charge < -0.3 is 0 Å². The van der Waals surface area contributed by atoms with Crippen molar-refractivity contribution in [2.45, 2.75) is 1.47 Å². The molecular formula is CBr3IO2S. The number of hydrogen-bond donors (Lipinski definition) is 0. The topological polar surface area (TPSA) is 34.1 Å². The lowest BCUT2D eigenvalue weighted by Crippen LogP contribution is -2.08. The van der Waals surface area contributed by atoms with E-state index in [-0.39, 0.29) is 0 Å². The van der Waals surface area contributed by atoms with Crippen molar-refractivity contribution in [3.63, 3.8) is 0 Å². The fourth-order valence-corrected chi connectivity index (χ4v) is 0. The van der Waals surface area contributed by atoms with Gasteiger partial charge in [-0.05, 0) is 47.8 Å². The molecule has 0 spiro atoms. The van der Waals surface area contributed by atoms with E-state index in [1.54, 1.807) is 0 Å². The maximum atomic E-state index is 10.5. The third-order valence-corrected chi connectivity index (χ3v) is 12.1. The molecule has 0 bridgehead atoms. The zero-order valence-corrected chi connectivity index (χ0v) is 11.0. The van der Waals surface area contributed by atoms with Gasteiger partial charge in [-0.1, -0.05) is 0 Å². The Balaban J connectivity index is 4.53. The molecule has 0 aromatic carbocycles. The van der Waals surface area contributed by atoms with Crippen LogP contribution < -0.4 is 0 Å². The normalized spacial score (nSPS) is 14.0. The summed E-state index contributed by atoms with van der Waals surface area (Å²) in [5, 5.41) is 0. The van der Waals surface area contributed by atoms with Gasteiger partial charge in [0.15, 0.2) is 0 Å². The van der Waals surface area contributed by atoms with Crippen molar-refractivity contribution in [2.75, 3.05) is 0 Å². The third-order valence-electron chi connectivity index (χ3n) is 0.276. The van der Waals surface area contributed by atoms with Crippen LogP contribution in [0.3, 0.4) is 0 Å². The Morgan fingerprint density at radius 1 is 1.25 bits per heavy atom. The Bertz CT molecular complexity index is 166. The van der Waals surface area contributed by atoms with E-state index in [9.17, 15) is 8.42 Å². The molecule has 0 fully saturated rings. The van der Waals surface area contributed by atoms with E-state index in [4.69, 9.17) is 0 Å². The molecule has 0 aliphatic rings. The van der Waals surface area contributed by atoms with Crippen LogP contribution in [0.25, 0.3) is 0 Å². The molecule has 0 heterocycles. The lowest BCUT2D eigenvalue weighted by atomic mass is 11.9. The number of halogens is 4. The van der Waals surface area contributed by atoms with E-state index in [1.807, 2.05) is 0 Å². The van der Waals surface area contributed by atoms with Crippen LogP contribution in [0.2, 0.25) is 0 Å². The van der Waals surface area contributed by atoms with Crippen molar-refractivity contribution in [1.29, 1.82) is 0 Å². The quantitative estimate of drug-likeness (QED) is 0.328. The first kappa shape index (κ1) is 10.1. The molecule has 0 amide bonds. The summed E-state index contributed by atoms with van der Waals surface area (Å²) in [6.45, 7) is 0. The molecule has 0 rings (SSSR count). The van der Waals surface area contributed by atoms with E-state index >= 15 is 0 Å². The van der Waals surface area contributed by atoms with Crippen LogP contribution >= 0.6 is 69.0 Å². The minimum absolute atomic E-state index is 1.17. The van der Waals surface area contributed by atoms with E-state index in [2.05, 4.69) is 47.8 Å². The van der Waals surface area contributed by atoms with Crippen molar-refractivity contribution in [2.24, 2.45) is 0 Å². The maximum absolute atomic E-state index is 10.5. The molecule has 50 valence electrons. The highest BCUT2D eigenvalue weighted by molar-refractivity contribution is 14.2. The molecule has 0 unspecified atom stereocenters. The molecule has 0 radical (unpaired) electrons. The van der Waals surface area contributed by atoms with E-state index in [0.717, 1.165) is 0 Å². The lowest BCUT2D eigenvalue weighted by molar-refractivity contribution is 0.615. The van der Waals surface area contributed by atoms with Crippen LogP contribution in [0.1, 0.15) is 0 Å². The van der Waals surface area contributed by atoms with Crippen LogP contribution in [0.4, 0.5) is 0 Å². The minimum atomic E-state index is -3.12. The molecule has 0 N–H and O–H groups in total. The Labute approximate surface area is 84.7 Å². The average Bonchev–Trinajstić information content (AvgIpc) is 1.25. The lowest BCUT2D eigenvalue weighted by Gasteiger charge is -2.04.